The van der Waals surface area contributed by atoms with E-state index in [1.165, 1.54) is 12.8 Å². The SMILES string of the molecule is Nc1ccccc1CN(c1ccncn1)C1CC1. The highest BCUT2D eigenvalue weighted by atomic mass is 15.2. The van der Waals surface area contributed by atoms with Gasteiger partial charge in [0.1, 0.15) is 12.1 Å². The quantitative estimate of drug-likeness (QED) is 0.833. The minimum absolute atomic E-state index is 0.597. The molecule has 1 heterocycles. The number of hydrogen-bond acceptors (Lipinski definition) is 4. The van der Waals surface area contributed by atoms with Crippen LogP contribution in [0.1, 0.15) is 18.4 Å². The monoisotopic (exact) mass is 240 g/mol. The number of anilines is 2. The third-order valence-corrected chi connectivity index (χ3v) is 3.24. The van der Waals surface area contributed by atoms with Crippen molar-refractivity contribution in [3.63, 3.8) is 0 Å². The summed E-state index contributed by atoms with van der Waals surface area (Å²) in [6.07, 6.45) is 5.85. The van der Waals surface area contributed by atoms with E-state index >= 15 is 0 Å². The molecule has 1 fully saturated rings. The summed E-state index contributed by atoms with van der Waals surface area (Å²) < 4.78 is 0. The van der Waals surface area contributed by atoms with E-state index < -0.39 is 0 Å². The van der Waals surface area contributed by atoms with E-state index in [1.807, 2.05) is 24.3 Å². The number of nitrogens with zero attached hydrogens (tertiary/aromatic N) is 3. The fraction of sp³-hybridized carbons (Fsp3) is 0.286. The molecule has 4 heteroatoms. The Balaban J connectivity index is 1.86. The lowest BCUT2D eigenvalue weighted by Gasteiger charge is -2.24. The Morgan fingerprint density at radius 3 is 2.72 bits per heavy atom. The van der Waals surface area contributed by atoms with E-state index in [-0.39, 0.29) is 0 Å². The maximum atomic E-state index is 6.01. The van der Waals surface area contributed by atoms with Crippen molar-refractivity contribution in [2.24, 2.45) is 0 Å². The highest BCUT2D eigenvalue weighted by Gasteiger charge is 2.30. The zero-order valence-electron chi connectivity index (χ0n) is 10.2. The van der Waals surface area contributed by atoms with Crippen LogP contribution in [-0.2, 0) is 6.54 Å². The summed E-state index contributed by atoms with van der Waals surface area (Å²) in [6, 6.07) is 10.6. The average molecular weight is 240 g/mol. The highest BCUT2D eigenvalue weighted by Crippen LogP contribution is 2.32. The van der Waals surface area contributed by atoms with Crippen LogP contribution in [-0.4, -0.2) is 16.0 Å². The molecule has 0 unspecified atom stereocenters. The van der Waals surface area contributed by atoms with Crippen molar-refractivity contribution in [3.05, 3.63) is 48.4 Å². The first-order chi connectivity index (χ1) is 8.84. The summed E-state index contributed by atoms with van der Waals surface area (Å²) >= 11 is 0. The molecule has 92 valence electrons. The first kappa shape index (κ1) is 11.0. The van der Waals surface area contributed by atoms with E-state index in [2.05, 4.69) is 20.9 Å². The molecule has 3 rings (SSSR count). The molecular formula is C14H16N4. The van der Waals surface area contributed by atoms with E-state index in [1.54, 1.807) is 12.5 Å². The van der Waals surface area contributed by atoms with E-state index in [4.69, 9.17) is 5.73 Å². The van der Waals surface area contributed by atoms with E-state index in [0.29, 0.717) is 6.04 Å². The lowest BCUT2D eigenvalue weighted by atomic mass is 10.1. The Morgan fingerprint density at radius 2 is 2.06 bits per heavy atom. The Kier molecular flexibility index (Phi) is 2.84. The van der Waals surface area contributed by atoms with Crippen LogP contribution in [0, 0.1) is 0 Å². The van der Waals surface area contributed by atoms with Gasteiger partial charge in [-0.2, -0.15) is 0 Å². The van der Waals surface area contributed by atoms with Crippen LogP contribution in [0.25, 0.3) is 0 Å². The molecule has 4 nitrogen and oxygen atoms in total. The largest absolute Gasteiger partial charge is 0.398 e. The first-order valence-electron chi connectivity index (χ1n) is 6.20. The minimum Gasteiger partial charge on any atom is -0.398 e. The van der Waals surface area contributed by atoms with Crippen LogP contribution >= 0.6 is 0 Å². The fourth-order valence-corrected chi connectivity index (χ4v) is 2.10. The topological polar surface area (TPSA) is 55.0 Å². The number of para-hydroxylation sites is 1. The second kappa shape index (κ2) is 4.64. The smallest absolute Gasteiger partial charge is 0.132 e. The molecule has 1 aliphatic rings. The standard InChI is InChI=1S/C14H16N4/c15-13-4-2-1-3-11(13)9-18(12-5-6-12)14-7-8-16-10-17-14/h1-4,7-8,10,12H,5-6,9,15H2. The molecule has 0 spiro atoms. The molecule has 0 radical (unpaired) electrons. The second-order valence-electron chi connectivity index (χ2n) is 4.63. The van der Waals surface area contributed by atoms with Crippen LogP contribution in [0.15, 0.2) is 42.9 Å². The van der Waals surface area contributed by atoms with Gasteiger partial charge in [0.2, 0.25) is 0 Å². The van der Waals surface area contributed by atoms with Crippen LogP contribution < -0.4 is 10.6 Å². The van der Waals surface area contributed by atoms with Crippen molar-refractivity contribution in [2.75, 3.05) is 10.6 Å². The zero-order valence-corrected chi connectivity index (χ0v) is 10.2. The number of hydrogen-bond donors (Lipinski definition) is 1. The maximum absolute atomic E-state index is 6.01. The zero-order chi connectivity index (χ0) is 12.4. The normalized spacial score (nSPS) is 14.4. The third kappa shape index (κ3) is 2.27. The maximum Gasteiger partial charge on any atom is 0.132 e. The van der Waals surface area contributed by atoms with Gasteiger partial charge in [0.25, 0.3) is 0 Å². The van der Waals surface area contributed by atoms with Gasteiger partial charge in [-0.05, 0) is 30.5 Å². The number of nitrogen functional groups attached to an aromatic ring is 1. The van der Waals surface area contributed by atoms with Crippen LogP contribution in [0.2, 0.25) is 0 Å². The lowest BCUT2D eigenvalue weighted by Crippen LogP contribution is -2.26. The third-order valence-electron chi connectivity index (χ3n) is 3.24. The predicted molar refractivity (Wildman–Crippen MR) is 72.1 cm³/mol. The van der Waals surface area contributed by atoms with Gasteiger partial charge < -0.3 is 10.6 Å². The van der Waals surface area contributed by atoms with Crippen molar-refractivity contribution >= 4 is 11.5 Å². The molecule has 0 amide bonds. The predicted octanol–water partition coefficient (Wildman–Crippen LogP) is 2.23. The fourth-order valence-electron chi connectivity index (χ4n) is 2.10. The summed E-state index contributed by atoms with van der Waals surface area (Å²) in [7, 11) is 0. The van der Waals surface area contributed by atoms with Gasteiger partial charge in [0.05, 0.1) is 0 Å². The number of rotatable bonds is 4. The van der Waals surface area contributed by atoms with Gasteiger partial charge in [-0.3, -0.25) is 0 Å². The molecular weight excluding hydrogens is 224 g/mol. The van der Waals surface area contributed by atoms with E-state index in [0.717, 1.165) is 23.6 Å². The molecule has 2 N–H and O–H groups in total. The van der Waals surface area contributed by atoms with E-state index in [9.17, 15) is 0 Å². The molecule has 18 heavy (non-hydrogen) atoms. The second-order valence-corrected chi connectivity index (χ2v) is 4.63. The molecule has 2 aromatic rings. The summed E-state index contributed by atoms with van der Waals surface area (Å²) in [5, 5.41) is 0. The van der Waals surface area contributed by atoms with Crippen molar-refractivity contribution in [1.82, 2.24) is 9.97 Å². The number of benzene rings is 1. The summed E-state index contributed by atoms with van der Waals surface area (Å²) in [5.74, 6) is 0.982. The van der Waals surface area contributed by atoms with Crippen LogP contribution in [0.4, 0.5) is 11.5 Å². The summed E-state index contributed by atoms with van der Waals surface area (Å²) in [5.41, 5.74) is 8.01. The van der Waals surface area contributed by atoms with Crippen molar-refractivity contribution in [3.8, 4) is 0 Å². The van der Waals surface area contributed by atoms with Crippen molar-refractivity contribution in [1.29, 1.82) is 0 Å². The molecule has 1 aromatic carbocycles. The Bertz CT molecular complexity index is 522. The molecule has 0 bridgehead atoms. The number of nitrogens with two attached hydrogens (primary N) is 1. The molecule has 1 aromatic heterocycles. The van der Waals surface area contributed by atoms with Crippen LogP contribution in [0.5, 0.6) is 0 Å². The van der Waals surface area contributed by atoms with Gasteiger partial charge in [-0.1, -0.05) is 18.2 Å². The molecule has 0 atom stereocenters. The average Bonchev–Trinajstić information content (AvgIpc) is 3.23. The van der Waals surface area contributed by atoms with Gasteiger partial charge in [-0.25, -0.2) is 9.97 Å². The minimum atomic E-state index is 0.597. The Hall–Kier alpha value is -2.10. The van der Waals surface area contributed by atoms with Gasteiger partial charge in [0, 0.05) is 24.5 Å². The van der Waals surface area contributed by atoms with Gasteiger partial charge in [0.15, 0.2) is 0 Å². The van der Waals surface area contributed by atoms with Crippen LogP contribution in [0.3, 0.4) is 0 Å². The first-order valence-corrected chi connectivity index (χ1v) is 6.20. The van der Waals surface area contributed by atoms with Crippen molar-refractivity contribution in [2.45, 2.75) is 25.4 Å². The molecule has 1 aliphatic carbocycles. The Labute approximate surface area is 106 Å². The molecule has 0 saturated heterocycles. The van der Waals surface area contributed by atoms with Crippen molar-refractivity contribution < 1.29 is 0 Å². The van der Waals surface area contributed by atoms with Gasteiger partial charge >= 0.3 is 0 Å². The molecule has 1 saturated carbocycles. The lowest BCUT2D eigenvalue weighted by molar-refractivity contribution is 0.776. The highest BCUT2D eigenvalue weighted by molar-refractivity contribution is 5.50. The molecule has 0 aliphatic heterocycles. The van der Waals surface area contributed by atoms with Gasteiger partial charge in [-0.15, -0.1) is 0 Å². The summed E-state index contributed by atoms with van der Waals surface area (Å²) in [6.45, 7) is 0.814. The number of aromatic nitrogens is 2. The summed E-state index contributed by atoms with van der Waals surface area (Å²) in [4.78, 5) is 10.6. The Morgan fingerprint density at radius 1 is 1.22 bits per heavy atom.